The van der Waals surface area contributed by atoms with Crippen molar-refractivity contribution < 1.29 is 4.49 Å². The maximum absolute atomic E-state index is 5.93. The first-order valence-corrected chi connectivity index (χ1v) is 11.2. The summed E-state index contributed by atoms with van der Waals surface area (Å²) in [5.74, 6) is 0. The van der Waals surface area contributed by atoms with E-state index in [-0.39, 0.29) is 0 Å². The molecule has 0 unspecified atom stereocenters. The lowest BCUT2D eigenvalue weighted by atomic mass is 9.93. The fraction of sp³-hybridized carbons (Fsp3) is 0.136. The van der Waals surface area contributed by atoms with Gasteiger partial charge in [0.1, 0.15) is 0 Å². The second kappa shape index (κ2) is 7.20. The Labute approximate surface area is 173 Å². The van der Waals surface area contributed by atoms with Crippen LogP contribution in [0.2, 0.25) is 0 Å². The van der Waals surface area contributed by atoms with Gasteiger partial charge in [-0.05, 0) is 67.9 Å². The zero-order valence-corrected chi connectivity index (χ0v) is 17.4. The zero-order valence-electron chi connectivity index (χ0n) is 15.8. The van der Waals surface area contributed by atoms with Crippen LogP contribution in [0.15, 0.2) is 71.4 Å². The van der Waals surface area contributed by atoms with E-state index in [4.69, 9.17) is 5.73 Å². The number of rotatable bonds is 5. The van der Waals surface area contributed by atoms with E-state index < -0.39 is 0 Å². The van der Waals surface area contributed by atoms with Crippen molar-refractivity contribution in [2.75, 3.05) is 6.54 Å². The van der Waals surface area contributed by atoms with Gasteiger partial charge in [0.25, 0.3) is 0 Å². The first kappa shape index (κ1) is 17.7. The molecular formula is C22H21BN3S2+. The van der Waals surface area contributed by atoms with Crippen molar-refractivity contribution in [2.45, 2.75) is 13.3 Å². The molecule has 3 aromatic rings. The van der Waals surface area contributed by atoms with Crippen LogP contribution in [-0.2, 0) is 0 Å². The number of aromatic nitrogens is 1. The van der Waals surface area contributed by atoms with Crippen molar-refractivity contribution in [3.05, 3.63) is 82.0 Å². The third-order valence-corrected chi connectivity index (χ3v) is 7.36. The SMILES string of the molecule is CC1=CC(/C=C/c2ccc(-c3cccs3)s2)=[N+]2Bn3cccc3C(CCN)=C12. The summed E-state index contributed by atoms with van der Waals surface area (Å²) in [6, 6.07) is 13.0. The highest BCUT2D eigenvalue weighted by Crippen LogP contribution is 2.34. The Kier molecular flexibility index (Phi) is 4.55. The van der Waals surface area contributed by atoms with Gasteiger partial charge < -0.3 is 10.2 Å². The molecule has 2 aliphatic rings. The van der Waals surface area contributed by atoms with E-state index in [1.165, 1.54) is 42.9 Å². The van der Waals surface area contributed by atoms with Crippen molar-refractivity contribution in [1.82, 2.24) is 4.48 Å². The number of nitrogens with two attached hydrogens (primary N) is 1. The summed E-state index contributed by atoms with van der Waals surface area (Å²) in [7, 11) is 0.851. The predicted molar refractivity (Wildman–Crippen MR) is 123 cm³/mol. The molecule has 0 fully saturated rings. The smallest absolute Gasteiger partial charge is 0.330 e. The molecule has 0 saturated heterocycles. The van der Waals surface area contributed by atoms with Crippen LogP contribution in [0.3, 0.4) is 0 Å². The van der Waals surface area contributed by atoms with Crippen molar-refractivity contribution in [1.29, 1.82) is 0 Å². The molecule has 0 spiro atoms. The molecule has 0 atom stereocenters. The maximum Gasteiger partial charge on any atom is 0.604 e. The minimum Gasteiger partial charge on any atom is -0.330 e. The molecule has 0 aromatic carbocycles. The number of hydrogen-bond donors (Lipinski definition) is 1. The summed E-state index contributed by atoms with van der Waals surface area (Å²) in [5, 5.41) is 2.13. The Morgan fingerprint density at radius 2 is 2.07 bits per heavy atom. The normalized spacial score (nSPS) is 15.9. The number of fused-ring (bicyclic) bond motifs is 2. The second-order valence-electron chi connectivity index (χ2n) is 7.06. The summed E-state index contributed by atoms with van der Waals surface area (Å²) in [6.45, 7) is 2.87. The second-order valence-corrected chi connectivity index (χ2v) is 9.13. The number of nitrogens with zero attached hydrogens (tertiary/aromatic N) is 2. The van der Waals surface area contributed by atoms with Gasteiger partial charge in [-0.25, -0.2) is 0 Å². The van der Waals surface area contributed by atoms with Crippen LogP contribution >= 0.6 is 22.7 Å². The first-order valence-electron chi connectivity index (χ1n) is 9.48. The average Bonchev–Trinajstić information content (AvgIpc) is 3.47. The molecule has 2 N–H and O–H groups in total. The van der Waals surface area contributed by atoms with E-state index in [1.54, 1.807) is 11.3 Å². The van der Waals surface area contributed by atoms with Gasteiger partial charge in [-0.15, -0.1) is 22.7 Å². The topological polar surface area (TPSA) is 34.0 Å². The first-order chi connectivity index (χ1) is 13.7. The van der Waals surface area contributed by atoms with Crippen molar-refractivity contribution in [3.8, 4) is 9.75 Å². The molecule has 0 bridgehead atoms. The van der Waals surface area contributed by atoms with Crippen molar-refractivity contribution in [3.63, 3.8) is 0 Å². The molecule has 28 heavy (non-hydrogen) atoms. The van der Waals surface area contributed by atoms with E-state index in [9.17, 15) is 0 Å². The van der Waals surface area contributed by atoms with Gasteiger partial charge in [-0.3, -0.25) is 4.49 Å². The van der Waals surface area contributed by atoms with Crippen LogP contribution in [0.5, 0.6) is 0 Å². The Morgan fingerprint density at radius 3 is 2.89 bits per heavy atom. The van der Waals surface area contributed by atoms with Crippen LogP contribution in [0.25, 0.3) is 21.4 Å². The molecule has 0 aliphatic carbocycles. The number of allylic oxidation sites excluding steroid dienone is 3. The molecular weight excluding hydrogens is 381 g/mol. The van der Waals surface area contributed by atoms with E-state index in [0.717, 1.165) is 14.0 Å². The van der Waals surface area contributed by atoms with Crippen LogP contribution in [-0.4, -0.2) is 28.8 Å². The third-order valence-electron chi connectivity index (χ3n) is 5.24. The molecule has 0 amide bonds. The Morgan fingerprint density at radius 1 is 1.14 bits per heavy atom. The number of hydrogen-bond acceptors (Lipinski definition) is 3. The molecule has 138 valence electrons. The third kappa shape index (κ3) is 2.98. The summed E-state index contributed by atoms with van der Waals surface area (Å²) < 4.78 is 4.73. The van der Waals surface area contributed by atoms with Gasteiger partial charge >= 0.3 is 7.55 Å². The van der Waals surface area contributed by atoms with Gasteiger partial charge in [0, 0.05) is 43.6 Å². The Hall–Kier alpha value is -2.41. The fourth-order valence-electron chi connectivity index (χ4n) is 4.04. The lowest BCUT2D eigenvalue weighted by molar-refractivity contribution is -0.314. The molecule has 0 radical (unpaired) electrons. The molecule has 3 nitrogen and oxygen atoms in total. The lowest BCUT2D eigenvalue weighted by Gasteiger charge is -2.18. The van der Waals surface area contributed by atoms with E-state index in [2.05, 4.69) is 82.1 Å². The van der Waals surface area contributed by atoms with Crippen LogP contribution in [0, 0.1) is 0 Å². The summed E-state index contributed by atoms with van der Waals surface area (Å²) in [5.41, 5.74) is 12.5. The molecule has 2 aliphatic heterocycles. The van der Waals surface area contributed by atoms with Gasteiger partial charge in [0.15, 0.2) is 11.4 Å². The quantitative estimate of drug-likeness (QED) is 0.623. The zero-order chi connectivity index (χ0) is 19.1. The molecule has 5 rings (SSSR count). The van der Waals surface area contributed by atoms with E-state index >= 15 is 0 Å². The highest BCUT2D eigenvalue weighted by atomic mass is 32.1. The summed E-state index contributed by atoms with van der Waals surface area (Å²) in [4.78, 5) is 3.94. The van der Waals surface area contributed by atoms with Crippen molar-refractivity contribution in [2.24, 2.45) is 5.73 Å². The largest absolute Gasteiger partial charge is 0.604 e. The van der Waals surface area contributed by atoms with Crippen molar-refractivity contribution >= 4 is 47.6 Å². The minimum atomic E-state index is 0.664. The van der Waals surface area contributed by atoms with Crippen LogP contribution in [0.1, 0.15) is 23.9 Å². The summed E-state index contributed by atoms with van der Waals surface area (Å²) >= 11 is 3.63. The molecule has 3 aromatic heterocycles. The molecule has 5 heterocycles. The Bertz CT molecular complexity index is 1160. The van der Waals surface area contributed by atoms with Gasteiger partial charge in [-0.1, -0.05) is 6.07 Å². The van der Waals surface area contributed by atoms with Crippen LogP contribution < -0.4 is 5.73 Å². The van der Waals surface area contributed by atoms with E-state index in [0.29, 0.717) is 6.54 Å². The Balaban J connectivity index is 1.51. The average molecular weight is 402 g/mol. The fourth-order valence-corrected chi connectivity index (χ4v) is 5.78. The maximum atomic E-state index is 5.93. The predicted octanol–water partition coefficient (Wildman–Crippen LogP) is 4.59. The highest BCUT2D eigenvalue weighted by Gasteiger charge is 2.36. The molecule has 6 heteroatoms. The lowest BCUT2D eigenvalue weighted by Crippen LogP contribution is -2.31. The standard InChI is InChI=1S/C22H21BN3S2/c1-15-14-16(6-7-17-8-9-21(28-17)20-5-3-13-27-20)26-22(15)18(10-11-24)19-4-2-12-25(19)23-26/h2-9,12-14,23H,10-11,24H2,1H3/q+1/b7-6+. The van der Waals surface area contributed by atoms with Gasteiger partial charge in [0.05, 0.1) is 0 Å². The minimum absolute atomic E-state index is 0.664. The van der Waals surface area contributed by atoms with Gasteiger partial charge in [-0.2, -0.15) is 0 Å². The van der Waals surface area contributed by atoms with E-state index in [1.807, 2.05) is 11.3 Å². The van der Waals surface area contributed by atoms with Gasteiger partial charge in [0.2, 0.25) is 0 Å². The number of thiophene rings is 2. The monoisotopic (exact) mass is 402 g/mol. The summed E-state index contributed by atoms with van der Waals surface area (Å²) in [6.07, 6.45) is 9.83. The molecule has 0 saturated carbocycles. The van der Waals surface area contributed by atoms with Crippen LogP contribution in [0.4, 0.5) is 0 Å². The highest BCUT2D eigenvalue weighted by molar-refractivity contribution is 7.21.